The van der Waals surface area contributed by atoms with Crippen molar-refractivity contribution in [2.75, 3.05) is 19.6 Å². The smallest absolute Gasteiger partial charge is 0.251 e. The van der Waals surface area contributed by atoms with Crippen molar-refractivity contribution in [2.24, 2.45) is 5.92 Å². The van der Waals surface area contributed by atoms with Crippen LogP contribution in [0.25, 0.3) is 0 Å². The molecule has 6 heteroatoms. The van der Waals surface area contributed by atoms with E-state index in [0.717, 1.165) is 31.2 Å². The first-order chi connectivity index (χ1) is 11.0. The molecule has 5 nitrogen and oxygen atoms in total. The standard InChI is InChI=1S/C17H24N2O3S/c1-13-2-4-15(5-3-13)17(20)18-12-14-8-10-19(11-9-14)23(21,22)16-6-7-16/h2-5,14,16H,6-12H2,1H3,(H,18,20). The Morgan fingerprint density at radius 3 is 2.30 bits per heavy atom. The monoisotopic (exact) mass is 336 g/mol. The van der Waals surface area contributed by atoms with Crippen LogP contribution in [0.1, 0.15) is 41.6 Å². The Morgan fingerprint density at radius 1 is 1.13 bits per heavy atom. The Hall–Kier alpha value is -1.40. The summed E-state index contributed by atoms with van der Waals surface area (Å²) in [7, 11) is -3.04. The largest absolute Gasteiger partial charge is 0.352 e. The molecule has 1 saturated carbocycles. The number of amides is 1. The highest BCUT2D eigenvalue weighted by Crippen LogP contribution is 2.33. The third kappa shape index (κ3) is 3.93. The van der Waals surface area contributed by atoms with Crippen LogP contribution in [0.15, 0.2) is 24.3 Å². The van der Waals surface area contributed by atoms with Crippen molar-refractivity contribution < 1.29 is 13.2 Å². The molecule has 0 unspecified atom stereocenters. The molecule has 0 atom stereocenters. The van der Waals surface area contributed by atoms with Gasteiger partial charge in [-0.15, -0.1) is 0 Å². The van der Waals surface area contributed by atoms with E-state index >= 15 is 0 Å². The fourth-order valence-electron chi connectivity index (χ4n) is 2.99. The second-order valence-corrected chi connectivity index (χ2v) is 8.88. The summed E-state index contributed by atoms with van der Waals surface area (Å²) in [6, 6.07) is 7.51. The van der Waals surface area contributed by atoms with Crippen molar-refractivity contribution in [3.8, 4) is 0 Å². The lowest BCUT2D eigenvalue weighted by Crippen LogP contribution is -2.42. The summed E-state index contributed by atoms with van der Waals surface area (Å²) in [5.74, 6) is 0.299. The number of sulfonamides is 1. The number of aryl methyl sites for hydroxylation is 1. The average molecular weight is 336 g/mol. The zero-order chi connectivity index (χ0) is 16.4. The van der Waals surface area contributed by atoms with Gasteiger partial charge in [0.15, 0.2) is 0 Å². The quantitative estimate of drug-likeness (QED) is 0.893. The topological polar surface area (TPSA) is 66.5 Å². The predicted molar refractivity (Wildman–Crippen MR) is 89.8 cm³/mol. The molecule has 0 spiro atoms. The predicted octanol–water partition coefficient (Wildman–Crippen LogP) is 1.93. The van der Waals surface area contributed by atoms with Gasteiger partial charge >= 0.3 is 0 Å². The molecule has 23 heavy (non-hydrogen) atoms. The molecular formula is C17H24N2O3S. The van der Waals surface area contributed by atoms with Crippen LogP contribution in [-0.2, 0) is 10.0 Å². The Bertz CT molecular complexity index is 658. The summed E-state index contributed by atoms with van der Waals surface area (Å²) < 4.78 is 26.0. The van der Waals surface area contributed by atoms with E-state index in [1.807, 2.05) is 31.2 Å². The number of rotatable bonds is 5. The fourth-order valence-corrected chi connectivity index (χ4v) is 4.86. The Balaban J connectivity index is 1.45. The molecule has 1 saturated heterocycles. The molecule has 1 amide bonds. The van der Waals surface area contributed by atoms with E-state index in [1.54, 1.807) is 4.31 Å². The molecule has 0 radical (unpaired) electrons. The molecule has 3 rings (SSSR count). The van der Waals surface area contributed by atoms with Gasteiger partial charge < -0.3 is 5.32 Å². The highest BCUT2D eigenvalue weighted by molar-refractivity contribution is 7.90. The molecule has 1 N–H and O–H groups in total. The minimum atomic E-state index is -3.04. The van der Waals surface area contributed by atoms with Gasteiger partial charge in [-0.25, -0.2) is 12.7 Å². The summed E-state index contributed by atoms with van der Waals surface area (Å²) in [5, 5.41) is 2.85. The van der Waals surface area contributed by atoms with Gasteiger partial charge in [0.25, 0.3) is 5.91 Å². The lowest BCUT2D eigenvalue weighted by Gasteiger charge is -2.31. The Kier molecular flexibility index (Phi) is 4.73. The number of hydrogen-bond acceptors (Lipinski definition) is 3. The maximum Gasteiger partial charge on any atom is 0.251 e. The van der Waals surface area contributed by atoms with E-state index < -0.39 is 10.0 Å². The summed E-state index contributed by atoms with van der Waals surface area (Å²) in [6.45, 7) is 3.78. The molecule has 126 valence electrons. The normalized spacial score (nSPS) is 20.4. The maximum atomic E-state index is 12.2. The van der Waals surface area contributed by atoms with Crippen LogP contribution >= 0.6 is 0 Å². The number of benzene rings is 1. The van der Waals surface area contributed by atoms with Crippen LogP contribution in [0.2, 0.25) is 0 Å². The van der Waals surface area contributed by atoms with E-state index in [4.69, 9.17) is 0 Å². The van der Waals surface area contributed by atoms with Gasteiger partial charge in [0.1, 0.15) is 0 Å². The zero-order valence-corrected chi connectivity index (χ0v) is 14.3. The van der Waals surface area contributed by atoms with Gasteiger partial charge in [-0.3, -0.25) is 4.79 Å². The van der Waals surface area contributed by atoms with Gasteiger partial charge in [0.2, 0.25) is 10.0 Å². The van der Waals surface area contributed by atoms with Crippen molar-refractivity contribution in [2.45, 2.75) is 37.9 Å². The molecule has 1 aromatic rings. The van der Waals surface area contributed by atoms with Crippen LogP contribution in [0, 0.1) is 12.8 Å². The first kappa shape index (κ1) is 16.5. The van der Waals surface area contributed by atoms with Gasteiger partial charge in [0, 0.05) is 25.2 Å². The van der Waals surface area contributed by atoms with E-state index in [0.29, 0.717) is 31.1 Å². The van der Waals surface area contributed by atoms with Gasteiger partial charge in [-0.05, 0) is 50.7 Å². The van der Waals surface area contributed by atoms with Crippen molar-refractivity contribution >= 4 is 15.9 Å². The van der Waals surface area contributed by atoms with Crippen LogP contribution in [-0.4, -0.2) is 43.5 Å². The molecule has 1 aromatic carbocycles. The lowest BCUT2D eigenvalue weighted by molar-refractivity contribution is 0.0941. The summed E-state index contributed by atoms with van der Waals surface area (Å²) in [4.78, 5) is 12.1. The number of carbonyl (C=O) groups excluding carboxylic acids is 1. The van der Waals surface area contributed by atoms with Gasteiger partial charge in [-0.1, -0.05) is 17.7 Å². The van der Waals surface area contributed by atoms with E-state index in [-0.39, 0.29) is 11.2 Å². The summed E-state index contributed by atoms with van der Waals surface area (Å²) >= 11 is 0. The molecule has 2 fully saturated rings. The highest BCUT2D eigenvalue weighted by Gasteiger charge is 2.41. The number of hydrogen-bond donors (Lipinski definition) is 1. The molecule has 1 heterocycles. The fraction of sp³-hybridized carbons (Fsp3) is 0.588. The molecular weight excluding hydrogens is 312 g/mol. The highest BCUT2D eigenvalue weighted by atomic mass is 32.2. The van der Waals surface area contributed by atoms with Crippen molar-refractivity contribution in [1.29, 1.82) is 0 Å². The van der Waals surface area contributed by atoms with Crippen LogP contribution in [0.4, 0.5) is 0 Å². The first-order valence-electron chi connectivity index (χ1n) is 8.30. The molecule has 0 bridgehead atoms. The number of nitrogens with one attached hydrogen (secondary N) is 1. The van der Waals surface area contributed by atoms with E-state index in [9.17, 15) is 13.2 Å². The van der Waals surface area contributed by atoms with Crippen LogP contribution in [0.5, 0.6) is 0 Å². The van der Waals surface area contributed by atoms with Crippen LogP contribution in [0.3, 0.4) is 0 Å². The zero-order valence-electron chi connectivity index (χ0n) is 13.5. The minimum absolute atomic E-state index is 0.0574. The maximum absolute atomic E-state index is 12.2. The summed E-state index contributed by atoms with van der Waals surface area (Å²) in [5.41, 5.74) is 1.80. The van der Waals surface area contributed by atoms with E-state index in [2.05, 4.69) is 5.32 Å². The third-order valence-electron chi connectivity index (χ3n) is 4.74. The summed E-state index contributed by atoms with van der Waals surface area (Å²) in [6.07, 6.45) is 3.27. The van der Waals surface area contributed by atoms with Gasteiger partial charge in [-0.2, -0.15) is 0 Å². The van der Waals surface area contributed by atoms with Crippen molar-refractivity contribution in [1.82, 2.24) is 9.62 Å². The first-order valence-corrected chi connectivity index (χ1v) is 9.81. The molecule has 2 aliphatic rings. The number of carbonyl (C=O) groups is 1. The molecule has 1 aliphatic carbocycles. The Labute approximate surface area is 138 Å². The van der Waals surface area contributed by atoms with Crippen molar-refractivity contribution in [3.05, 3.63) is 35.4 Å². The van der Waals surface area contributed by atoms with Crippen molar-refractivity contribution in [3.63, 3.8) is 0 Å². The van der Waals surface area contributed by atoms with E-state index in [1.165, 1.54) is 0 Å². The molecule has 1 aliphatic heterocycles. The van der Waals surface area contributed by atoms with Gasteiger partial charge in [0.05, 0.1) is 5.25 Å². The average Bonchev–Trinajstić information content (AvgIpc) is 3.39. The second-order valence-electron chi connectivity index (χ2n) is 6.66. The lowest BCUT2D eigenvalue weighted by atomic mass is 9.98. The number of piperidine rings is 1. The number of nitrogens with zero attached hydrogens (tertiary/aromatic N) is 1. The van der Waals surface area contributed by atoms with Crippen LogP contribution < -0.4 is 5.32 Å². The second kappa shape index (κ2) is 6.61. The SMILES string of the molecule is Cc1ccc(C(=O)NCC2CCN(S(=O)(=O)C3CC3)CC2)cc1. The minimum Gasteiger partial charge on any atom is -0.352 e. The third-order valence-corrected chi connectivity index (χ3v) is 7.14. The molecule has 0 aromatic heterocycles. The Morgan fingerprint density at radius 2 is 1.74 bits per heavy atom.